The van der Waals surface area contributed by atoms with Crippen LogP contribution in [-0.4, -0.2) is 70.4 Å². The topological polar surface area (TPSA) is 89.9 Å². The number of hydrogen-bond acceptors (Lipinski definition) is 4. The smallest absolute Gasteiger partial charge is 0.257 e. The van der Waals surface area contributed by atoms with E-state index < -0.39 is 53.1 Å². The highest BCUT2D eigenvalue weighted by molar-refractivity contribution is 5.99. The molecule has 0 spiro atoms. The van der Waals surface area contributed by atoms with Gasteiger partial charge in [-0.15, -0.1) is 0 Å². The Morgan fingerprint density at radius 3 is 2.72 bits per heavy atom. The average Bonchev–Trinajstić information content (AvgIpc) is 2.59. The quantitative estimate of drug-likeness (QED) is 0.750. The zero-order valence-corrected chi connectivity index (χ0v) is 13.4. The third kappa shape index (κ3) is 2.95. The van der Waals surface area contributed by atoms with Crippen molar-refractivity contribution in [2.45, 2.75) is 25.1 Å². The van der Waals surface area contributed by atoms with Gasteiger partial charge in [-0.2, -0.15) is 0 Å². The molecule has 1 aromatic carbocycles. The Bertz CT molecular complexity index is 740. The summed E-state index contributed by atoms with van der Waals surface area (Å²) in [6.45, 7) is 1.42. The number of rotatable bonds is 2. The Morgan fingerprint density at radius 1 is 1.32 bits per heavy atom. The number of halogens is 2. The summed E-state index contributed by atoms with van der Waals surface area (Å²) in [6.07, 6.45) is -1.04. The fraction of sp³-hybridized carbons (Fsp3) is 0.438. The molecule has 0 aliphatic carbocycles. The van der Waals surface area contributed by atoms with Crippen LogP contribution in [0.15, 0.2) is 18.2 Å². The largest absolute Gasteiger partial charge is 0.391 e. The second kappa shape index (κ2) is 6.40. The lowest BCUT2D eigenvalue weighted by Crippen LogP contribution is -2.71. The molecular formula is C16H17F2N3O4. The highest BCUT2D eigenvalue weighted by Gasteiger charge is 2.45. The number of aliphatic hydroxyl groups excluding tert-OH is 1. The van der Waals surface area contributed by atoms with E-state index in [1.165, 1.54) is 28.9 Å². The molecule has 2 saturated heterocycles. The molecule has 2 N–H and O–H groups in total. The normalized spacial score (nSPS) is 24.6. The molecular weight excluding hydrogens is 336 g/mol. The minimum atomic E-state index is -1.24. The second-order valence-corrected chi connectivity index (χ2v) is 6.13. The summed E-state index contributed by atoms with van der Waals surface area (Å²) >= 11 is 0. The van der Waals surface area contributed by atoms with Crippen molar-refractivity contribution in [3.05, 3.63) is 35.4 Å². The van der Waals surface area contributed by atoms with Crippen LogP contribution in [0.3, 0.4) is 0 Å². The van der Waals surface area contributed by atoms with Crippen LogP contribution in [0.25, 0.3) is 0 Å². The van der Waals surface area contributed by atoms with Gasteiger partial charge in [-0.1, -0.05) is 6.07 Å². The zero-order valence-electron chi connectivity index (χ0n) is 13.4. The van der Waals surface area contributed by atoms with E-state index in [1.807, 2.05) is 0 Å². The number of nitrogens with zero attached hydrogens (tertiary/aromatic N) is 2. The predicted molar refractivity (Wildman–Crippen MR) is 81.4 cm³/mol. The van der Waals surface area contributed by atoms with Crippen LogP contribution in [0.1, 0.15) is 17.3 Å². The van der Waals surface area contributed by atoms with Gasteiger partial charge in [-0.25, -0.2) is 8.78 Å². The number of hydrogen-bond donors (Lipinski definition) is 2. The van der Waals surface area contributed by atoms with Gasteiger partial charge in [0.1, 0.15) is 12.1 Å². The molecule has 0 radical (unpaired) electrons. The van der Waals surface area contributed by atoms with Crippen molar-refractivity contribution in [1.29, 1.82) is 0 Å². The van der Waals surface area contributed by atoms with E-state index in [9.17, 15) is 28.3 Å². The van der Waals surface area contributed by atoms with Gasteiger partial charge < -0.3 is 20.2 Å². The maximum absolute atomic E-state index is 13.8. The number of piperazine rings is 2. The Labute approximate surface area is 142 Å². The van der Waals surface area contributed by atoms with Crippen molar-refractivity contribution in [2.75, 3.05) is 19.6 Å². The van der Waals surface area contributed by atoms with E-state index >= 15 is 0 Å². The van der Waals surface area contributed by atoms with Gasteiger partial charge in [0.05, 0.1) is 18.2 Å². The van der Waals surface area contributed by atoms with Crippen LogP contribution >= 0.6 is 0 Å². The van der Waals surface area contributed by atoms with Gasteiger partial charge >= 0.3 is 0 Å². The molecule has 0 saturated carbocycles. The van der Waals surface area contributed by atoms with Crippen LogP contribution in [0.4, 0.5) is 8.78 Å². The summed E-state index contributed by atoms with van der Waals surface area (Å²) in [5.74, 6) is -4.04. The highest BCUT2D eigenvalue weighted by Crippen LogP contribution is 2.20. The van der Waals surface area contributed by atoms with Crippen molar-refractivity contribution in [3.8, 4) is 0 Å². The number of carbonyl (C=O) groups is 3. The molecule has 0 bridgehead atoms. The first kappa shape index (κ1) is 17.3. The van der Waals surface area contributed by atoms with E-state index in [0.29, 0.717) is 0 Å². The second-order valence-electron chi connectivity index (χ2n) is 6.13. The van der Waals surface area contributed by atoms with E-state index in [4.69, 9.17) is 0 Å². The first-order valence-corrected chi connectivity index (χ1v) is 7.83. The third-order valence-electron chi connectivity index (χ3n) is 4.48. The van der Waals surface area contributed by atoms with E-state index in [1.54, 1.807) is 0 Å². The molecule has 1 aromatic rings. The van der Waals surface area contributed by atoms with Gasteiger partial charge in [0.2, 0.25) is 11.8 Å². The van der Waals surface area contributed by atoms with Gasteiger partial charge in [-0.05, 0) is 19.1 Å². The third-order valence-corrected chi connectivity index (χ3v) is 4.48. The monoisotopic (exact) mass is 353 g/mol. The molecule has 3 amide bonds. The summed E-state index contributed by atoms with van der Waals surface area (Å²) < 4.78 is 27.1. The number of carbonyl (C=O) groups excluding carboxylic acids is 3. The van der Waals surface area contributed by atoms with Gasteiger partial charge in [0, 0.05) is 13.1 Å². The Kier molecular flexibility index (Phi) is 4.42. The fourth-order valence-corrected chi connectivity index (χ4v) is 3.11. The Balaban J connectivity index is 1.79. The lowest BCUT2D eigenvalue weighted by molar-refractivity contribution is -0.155. The minimum absolute atomic E-state index is 0.0722. The molecule has 134 valence electrons. The van der Waals surface area contributed by atoms with E-state index in [2.05, 4.69) is 5.32 Å². The maximum atomic E-state index is 13.8. The first-order valence-electron chi connectivity index (χ1n) is 7.83. The highest BCUT2D eigenvalue weighted by atomic mass is 19.2. The molecule has 7 nitrogen and oxygen atoms in total. The van der Waals surface area contributed by atoms with Gasteiger partial charge in [-0.3, -0.25) is 14.4 Å². The molecule has 0 unspecified atom stereocenters. The van der Waals surface area contributed by atoms with E-state index in [-0.39, 0.29) is 19.6 Å². The summed E-state index contributed by atoms with van der Waals surface area (Å²) in [7, 11) is 0. The zero-order chi connectivity index (χ0) is 18.3. The summed E-state index contributed by atoms with van der Waals surface area (Å²) in [5.41, 5.74) is -0.419. The lowest BCUT2D eigenvalue weighted by atomic mass is 10.0. The van der Waals surface area contributed by atoms with Crippen molar-refractivity contribution < 1.29 is 28.3 Å². The first-order chi connectivity index (χ1) is 11.8. The summed E-state index contributed by atoms with van der Waals surface area (Å²) in [4.78, 5) is 39.5. The lowest BCUT2D eigenvalue weighted by Gasteiger charge is -2.45. The fourth-order valence-electron chi connectivity index (χ4n) is 3.11. The summed E-state index contributed by atoms with van der Waals surface area (Å²) in [5, 5.41) is 12.0. The molecule has 3 atom stereocenters. The standard InChI is InChI=1S/C16H17F2N3O4/c1-8(22)13-16(25)21-6-5-20(7-11(21)14(23)19-13)15(24)9-3-2-4-10(17)12(9)18/h2-4,8,11,13,22H,5-7H2,1H3,(H,19,23)/t8-,11-,13+/m1/s1. The summed E-state index contributed by atoms with van der Waals surface area (Å²) in [6, 6.07) is 1.37. The average molecular weight is 353 g/mol. The number of fused-ring (bicyclic) bond motifs is 1. The molecule has 9 heteroatoms. The van der Waals surface area contributed by atoms with E-state index in [0.717, 1.165) is 6.07 Å². The van der Waals surface area contributed by atoms with Gasteiger partial charge in [0.15, 0.2) is 11.6 Å². The van der Waals surface area contributed by atoms with Crippen LogP contribution < -0.4 is 5.32 Å². The van der Waals surface area contributed by atoms with Crippen molar-refractivity contribution in [1.82, 2.24) is 15.1 Å². The molecule has 0 aromatic heterocycles. The number of amides is 3. The molecule has 2 aliphatic heterocycles. The van der Waals surface area contributed by atoms with Crippen LogP contribution in [0.2, 0.25) is 0 Å². The molecule has 2 heterocycles. The number of benzene rings is 1. The van der Waals surface area contributed by atoms with Gasteiger partial charge in [0.25, 0.3) is 5.91 Å². The van der Waals surface area contributed by atoms with Crippen molar-refractivity contribution >= 4 is 17.7 Å². The van der Waals surface area contributed by atoms with Crippen molar-refractivity contribution in [3.63, 3.8) is 0 Å². The SMILES string of the molecule is C[C@@H](O)[C@@H]1NC(=O)[C@H]2CN(C(=O)c3cccc(F)c3F)CCN2C1=O. The molecule has 25 heavy (non-hydrogen) atoms. The number of nitrogens with one attached hydrogen (secondary N) is 1. The van der Waals surface area contributed by atoms with Crippen LogP contribution in [0.5, 0.6) is 0 Å². The Hall–Kier alpha value is -2.55. The molecule has 2 aliphatic rings. The minimum Gasteiger partial charge on any atom is -0.391 e. The van der Waals surface area contributed by atoms with Crippen LogP contribution in [0, 0.1) is 11.6 Å². The van der Waals surface area contributed by atoms with Crippen molar-refractivity contribution in [2.24, 2.45) is 0 Å². The molecule has 3 rings (SSSR count). The Morgan fingerprint density at radius 2 is 2.04 bits per heavy atom. The van der Waals surface area contributed by atoms with Crippen LogP contribution in [-0.2, 0) is 9.59 Å². The predicted octanol–water partition coefficient (Wildman–Crippen LogP) is -0.503. The molecule has 2 fully saturated rings. The maximum Gasteiger partial charge on any atom is 0.257 e. The number of aliphatic hydroxyl groups is 1.